The van der Waals surface area contributed by atoms with Crippen LogP contribution in [0.2, 0.25) is 5.02 Å². The number of benzene rings is 1. The molecule has 152 valence electrons. The molecular formula is C20H17ClFN7O. The van der Waals surface area contributed by atoms with Crippen molar-refractivity contribution in [2.24, 2.45) is 0 Å². The number of aromatic nitrogens is 5. The summed E-state index contributed by atoms with van der Waals surface area (Å²) in [5.74, 6) is 1.13. The van der Waals surface area contributed by atoms with Crippen molar-refractivity contribution in [3.63, 3.8) is 0 Å². The van der Waals surface area contributed by atoms with E-state index in [0.29, 0.717) is 41.1 Å². The molecule has 0 bridgehead atoms. The summed E-state index contributed by atoms with van der Waals surface area (Å²) in [7, 11) is 0. The number of rotatable bonds is 7. The predicted octanol–water partition coefficient (Wildman–Crippen LogP) is 3.50. The number of hydrogen-bond acceptors (Lipinski definition) is 6. The lowest BCUT2D eigenvalue weighted by atomic mass is 10.2. The number of hydrogen-bond donors (Lipinski definition) is 2. The van der Waals surface area contributed by atoms with Gasteiger partial charge < -0.3 is 10.6 Å². The van der Waals surface area contributed by atoms with Gasteiger partial charge in [0.2, 0.25) is 5.91 Å². The van der Waals surface area contributed by atoms with Gasteiger partial charge >= 0.3 is 0 Å². The molecule has 0 atom stereocenters. The minimum absolute atomic E-state index is 0.194. The molecule has 4 aromatic rings. The van der Waals surface area contributed by atoms with E-state index in [1.165, 1.54) is 18.3 Å². The number of anilines is 2. The minimum Gasteiger partial charge on any atom is -0.365 e. The van der Waals surface area contributed by atoms with E-state index < -0.39 is 0 Å². The van der Waals surface area contributed by atoms with Crippen molar-refractivity contribution in [2.75, 3.05) is 10.6 Å². The molecule has 2 N–H and O–H groups in total. The van der Waals surface area contributed by atoms with Gasteiger partial charge in [0, 0.05) is 25.6 Å². The summed E-state index contributed by atoms with van der Waals surface area (Å²) >= 11 is 5.79. The molecule has 0 fully saturated rings. The summed E-state index contributed by atoms with van der Waals surface area (Å²) in [4.78, 5) is 16.2. The van der Waals surface area contributed by atoms with Crippen molar-refractivity contribution >= 4 is 34.8 Å². The fourth-order valence-corrected chi connectivity index (χ4v) is 2.87. The second-order valence-corrected chi connectivity index (χ2v) is 6.93. The molecule has 0 aliphatic carbocycles. The summed E-state index contributed by atoms with van der Waals surface area (Å²) in [6, 6.07) is 13.1. The fourth-order valence-electron chi connectivity index (χ4n) is 2.76. The van der Waals surface area contributed by atoms with Gasteiger partial charge in [-0.1, -0.05) is 23.7 Å². The first-order chi connectivity index (χ1) is 14.6. The van der Waals surface area contributed by atoms with Gasteiger partial charge in [0.15, 0.2) is 11.5 Å². The Balaban J connectivity index is 1.39. The molecule has 8 nitrogen and oxygen atoms in total. The van der Waals surface area contributed by atoms with Crippen LogP contribution < -0.4 is 10.6 Å². The molecule has 0 radical (unpaired) electrons. The van der Waals surface area contributed by atoms with Crippen molar-refractivity contribution in [1.29, 1.82) is 0 Å². The maximum atomic E-state index is 13.0. The van der Waals surface area contributed by atoms with Gasteiger partial charge in [-0.2, -0.15) is 4.52 Å². The highest BCUT2D eigenvalue weighted by Crippen LogP contribution is 2.12. The Morgan fingerprint density at radius 2 is 1.83 bits per heavy atom. The number of carbonyl (C=O) groups excluding carboxylic acids is 1. The van der Waals surface area contributed by atoms with Gasteiger partial charge in [-0.15, -0.1) is 15.3 Å². The highest BCUT2D eigenvalue weighted by Gasteiger charge is 2.11. The first-order valence-corrected chi connectivity index (χ1v) is 9.56. The van der Waals surface area contributed by atoms with Crippen molar-refractivity contribution < 1.29 is 9.18 Å². The second-order valence-electron chi connectivity index (χ2n) is 6.49. The first-order valence-electron chi connectivity index (χ1n) is 9.18. The topological polar surface area (TPSA) is 97.1 Å². The smallest absolute Gasteiger partial charge is 0.225 e. The number of fused-ring (bicyclic) bond motifs is 1. The van der Waals surface area contributed by atoms with E-state index in [-0.39, 0.29) is 18.1 Å². The van der Waals surface area contributed by atoms with Crippen LogP contribution in [-0.4, -0.2) is 30.7 Å². The molecule has 0 aliphatic heterocycles. The third-order valence-electron chi connectivity index (χ3n) is 4.28. The lowest BCUT2D eigenvalue weighted by Crippen LogP contribution is -2.14. The van der Waals surface area contributed by atoms with Crippen LogP contribution in [0.15, 0.2) is 54.7 Å². The largest absolute Gasteiger partial charge is 0.365 e. The number of pyridine rings is 1. The normalized spacial score (nSPS) is 10.9. The van der Waals surface area contributed by atoms with Crippen molar-refractivity contribution in [3.8, 4) is 0 Å². The maximum absolute atomic E-state index is 13.0. The number of nitrogens with one attached hydrogen (secondary N) is 2. The molecule has 0 saturated carbocycles. The lowest BCUT2D eigenvalue weighted by molar-refractivity contribution is -0.116. The zero-order chi connectivity index (χ0) is 20.9. The number of amides is 1. The fraction of sp³-hybridized carbons (Fsp3) is 0.150. The molecule has 1 amide bonds. The monoisotopic (exact) mass is 425 g/mol. The van der Waals surface area contributed by atoms with Crippen LogP contribution in [0, 0.1) is 5.82 Å². The Bertz CT molecular complexity index is 1160. The molecule has 4 rings (SSSR count). The molecule has 30 heavy (non-hydrogen) atoms. The average Bonchev–Trinajstić information content (AvgIpc) is 3.16. The average molecular weight is 426 g/mol. The Morgan fingerprint density at radius 3 is 2.60 bits per heavy atom. The maximum Gasteiger partial charge on any atom is 0.225 e. The molecule has 1 aromatic carbocycles. The Hall–Kier alpha value is -3.59. The molecule has 0 aliphatic rings. The van der Waals surface area contributed by atoms with Crippen LogP contribution in [0.3, 0.4) is 0 Å². The SMILES string of the molecule is O=C(CCc1nnc2ccc(NCc3ccc(F)cc3)nn12)Nc1ccc(Cl)cn1. The van der Waals surface area contributed by atoms with Crippen LogP contribution in [0.1, 0.15) is 17.8 Å². The summed E-state index contributed by atoms with van der Waals surface area (Å²) < 4.78 is 14.6. The van der Waals surface area contributed by atoms with Gasteiger partial charge in [-0.05, 0) is 42.0 Å². The van der Waals surface area contributed by atoms with E-state index in [4.69, 9.17) is 11.6 Å². The zero-order valence-electron chi connectivity index (χ0n) is 15.7. The Labute approximate surface area is 176 Å². The van der Waals surface area contributed by atoms with Gasteiger partial charge in [-0.25, -0.2) is 9.37 Å². The molecule has 0 spiro atoms. The molecule has 10 heteroatoms. The van der Waals surface area contributed by atoms with Gasteiger partial charge in [0.1, 0.15) is 17.5 Å². The first kappa shape index (κ1) is 19.7. The molecule has 0 unspecified atom stereocenters. The third-order valence-corrected chi connectivity index (χ3v) is 4.51. The van der Waals surface area contributed by atoms with E-state index in [1.54, 1.807) is 40.9 Å². The third kappa shape index (κ3) is 4.87. The van der Waals surface area contributed by atoms with Crippen LogP contribution in [0.25, 0.3) is 5.65 Å². The summed E-state index contributed by atoms with van der Waals surface area (Å²) in [6.07, 6.45) is 2.02. The van der Waals surface area contributed by atoms with Gasteiger partial charge in [0.25, 0.3) is 0 Å². The van der Waals surface area contributed by atoms with E-state index >= 15 is 0 Å². The molecule has 0 saturated heterocycles. The van der Waals surface area contributed by atoms with Crippen molar-refractivity contribution in [2.45, 2.75) is 19.4 Å². The summed E-state index contributed by atoms with van der Waals surface area (Å²) in [6.45, 7) is 0.493. The van der Waals surface area contributed by atoms with E-state index in [9.17, 15) is 9.18 Å². The summed E-state index contributed by atoms with van der Waals surface area (Å²) in [5.41, 5.74) is 1.51. The number of carbonyl (C=O) groups is 1. The van der Waals surface area contributed by atoms with Crippen LogP contribution in [0.4, 0.5) is 16.0 Å². The number of aryl methyl sites for hydroxylation is 1. The quantitative estimate of drug-likeness (QED) is 0.470. The number of halogens is 2. The van der Waals surface area contributed by atoms with Crippen molar-refractivity contribution in [3.05, 3.63) is 77.0 Å². The standard InChI is InChI=1S/C20H17ClFN7O/c21-14-3-6-16(24-12-14)25-20(30)10-9-19-27-26-18-8-7-17(28-29(18)19)23-11-13-1-4-15(22)5-2-13/h1-8,12H,9-11H2,(H,23,28)(H,24,25,30). The number of nitrogens with zero attached hydrogens (tertiary/aromatic N) is 5. The highest BCUT2D eigenvalue weighted by molar-refractivity contribution is 6.30. The second kappa shape index (κ2) is 8.83. The highest BCUT2D eigenvalue weighted by atomic mass is 35.5. The molecule has 3 heterocycles. The molecular weight excluding hydrogens is 409 g/mol. The zero-order valence-corrected chi connectivity index (χ0v) is 16.5. The minimum atomic E-state index is -0.275. The van der Waals surface area contributed by atoms with Gasteiger partial charge in [0.05, 0.1) is 5.02 Å². The van der Waals surface area contributed by atoms with E-state index in [1.807, 2.05) is 0 Å². The van der Waals surface area contributed by atoms with Crippen molar-refractivity contribution in [1.82, 2.24) is 24.8 Å². The predicted molar refractivity (Wildman–Crippen MR) is 111 cm³/mol. The van der Waals surface area contributed by atoms with E-state index in [0.717, 1.165) is 5.56 Å². The lowest BCUT2D eigenvalue weighted by Gasteiger charge is -2.07. The van der Waals surface area contributed by atoms with Gasteiger partial charge in [-0.3, -0.25) is 4.79 Å². The van der Waals surface area contributed by atoms with E-state index in [2.05, 4.69) is 30.9 Å². The Morgan fingerprint density at radius 1 is 1.03 bits per heavy atom. The molecule has 3 aromatic heterocycles. The summed E-state index contributed by atoms with van der Waals surface area (Å²) in [5, 5.41) is 19.1. The van der Waals surface area contributed by atoms with Crippen LogP contribution >= 0.6 is 11.6 Å². The van der Waals surface area contributed by atoms with Crippen LogP contribution in [-0.2, 0) is 17.8 Å². The van der Waals surface area contributed by atoms with Crippen LogP contribution in [0.5, 0.6) is 0 Å². The Kier molecular flexibility index (Phi) is 5.80.